The monoisotopic (exact) mass is 202 g/mol. The van der Waals surface area contributed by atoms with Gasteiger partial charge < -0.3 is 4.74 Å². The molecule has 2 nitrogen and oxygen atoms in total. The van der Waals surface area contributed by atoms with Crippen LogP contribution < -0.4 is 0 Å². The van der Waals surface area contributed by atoms with Gasteiger partial charge in [-0.25, -0.2) is 4.79 Å². The van der Waals surface area contributed by atoms with Crippen molar-refractivity contribution in [2.75, 3.05) is 0 Å². The minimum absolute atomic E-state index is 0.307. The average molecular weight is 202 g/mol. The third-order valence-corrected chi connectivity index (χ3v) is 1.90. The number of ether oxygens (including phenoxy) is 1. The van der Waals surface area contributed by atoms with E-state index in [1.807, 2.05) is 30.3 Å². The zero-order chi connectivity index (χ0) is 11.1. The standard InChI is InChI=1S/C13H14O2/c1-3-7-11(2)13(14)15-10-12-8-5-4-6-9-12/h3-9H,1,10H2,2H3. The molecule has 0 unspecified atom stereocenters. The second-order valence-electron chi connectivity index (χ2n) is 3.15. The van der Waals surface area contributed by atoms with Crippen LogP contribution in [0.15, 0.2) is 54.6 Å². The predicted octanol–water partition coefficient (Wildman–Crippen LogP) is 2.86. The Morgan fingerprint density at radius 1 is 1.40 bits per heavy atom. The minimum Gasteiger partial charge on any atom is -0.457 e. The van der Waals surface area contributed by atoms with E-state index in [-0.39, 0.29) is 5.97 Å². The number of allylic oxidation sites excluding steroid dienone is 2. The van der Waals surface area contributed by atoms with Crippen molar-refractivity contribution in [3.05, 3.63) is 60.2 Å². The summed E-state index contributed by atoms with van der Waals surface area (Å²) in [6, 6.07) is 9.58. The van der Waals surface area contributed by atoms with Crippen LogP contribution in [0.2, 0.25) is 0 Å². The Morgan fingerprint density at radius 3 is 2.67 bits per heavy atom. The van der Waals surface area contributed by atoms with Crippen LogP contribution in [0.25, 0.3) is 0 Å². The lowest BCUT2D eigenvalue weighted by molar-refractivity contribution is -0.140. The van der Waals surface area contributed by atoms with E-state index >= 15 is 0 Å². The Kier molecular flexibility index (Phi) is 4.35. The number of carbonyl (C=O) groups is 1. The molecule has 0 aliphatic rings. The number of hydrogen-bond acceptors (Lipinski definition) is 2. The number of carbonyl (C=O) groups excluding carboxylic acids is 1. The average Bonchev–Trinajstić information content (AvgIpc) is 2.27. The highest BCUT2D eigenvalue weighted by molar-refractivity contribution is 5.88. The van der Waals surface area contributed by atoms with Crippen LogP contribution in [0.5, 0.6) is 0 Å². The van der Waals surface area contributed by atoms with Crippen molar-refractivity contribution >= 4 is 5.97 Å². The van der Waals surface area contributed by atoms with Crippen molar-refractivity contribution in [2.45, 2.75) is 13.5 Å². The van der Waals surface area contributed by atoms with Gasteiger partial charge in [0.05, 0.1) is 0 Å². The molecule has 0 spiro atoms. The highest BCUT2D eigenvalue weighted by atomic mass is 16.5. The quantitative estimate of drug-likeness (QED) is 0.426. The normalized spacial score (nSPS) is 10.9. The summed E-state index contributed by atoms with van der Waals surface area (Å²) in [7, 11) is 0. The lowest BCUT2D eigenvalue weighted by Gasteiger charge is -2.04. The molecule has 0 bridgehead atoms. The largest absolute Gasteiger partial charge is 0.457 e. The van der Waals surface area contributed by atoms with Gasteiger partial charge in [0, 0.05) is 5.57 Å². The lowest BCUT2D eigenvalue weighted by atomic mass is 10.2. The van der Waals surface area contributed by atoms with Crippen LogP contribution in [0, 0.1) is 0 Å². The first-order chi connectivity index (χ1) is 7.24. The molecule has 1 aromatic carbocycles. The molecule has 0 amide bonds. The van der Waals surface area contributed by atoms with Crippen LogP contribution >= 0.6 is 0 Å². The molecule has 0 aliphatic heterocycles. The summed E-state index contributed by atoms with van der Waals surface area (Å²) in [5.74, 6) is -0.307. The first kappa shape index (κ1) is 11.2. The molecular formula is C13H14O2. The third kappa shape index (κ3) is 3.81. The third-order valence-electron chi connectivity index (χ3n) is 1.90. The van der Waals surface area contributed by atoms with E-state index in [0.29, 0.717) is 12.2 Å². The zero-order valence-electron chi connectivity index (χ0n) is 8.77. The topological polar surface area (TPSA) is 26.3 Å². The van der Waals surface area contributed by atoms with Crippen LogP contribution in [-0.4, -0.2) is 5.97 Å². The molecule has 2 heteroatoms. The van der Waals surface area contributed by atoms with Gasteiger partial charge in [0.15, 0.2) is 0 Å². The molecule has 0 N–H and O–H groups in total. The zero-order valence-corrected chi connectivity index (χ0v) is 8.77. The van der Waals surface area contributed by atoms with E-state index in [9.17, 15) is 4.79 Å². The second-order valence-corrected chi connectivity index (χ2v) is 3.15. The Balaban J connectivity index is 2.48. The van der Waals surface area contributed by atoms with E-state index in [2.05, 4.69) is 6.58 Å². The molecule has 0 fully saturated rings. The number of benzene rings is 1. The summed E-state index contributed by atoms with van der Waals surface area (Å²) in [4.78, 5) is 11.4. The predicted molar refractivity (Wildman–Crippen MR) is 60.2 cm³/mol. The first-order valence-corrected chi connectivity index (χ1v) is 4.74. The van der Waals surface area contributed by atoms with Crippen LogP contribution in [0.1, 0.15) is 12.5 Å². The van der Waals surface area contributed by atoms with E-state index in [1.54, 1.807) is 19.1 Å². The molecule has 1 rings (SSSR count). The molecule has 0 aliphatic carbocycles. The smallest absolute Gasteiger partial charge is 0.334 e. The van der Waals surface area contributed by atoms with Crippen molar-refractivity contribution in [1.82, 2.24) is 0 Å². The van der Waals surface area contributed by atoms with Gasteiger partial charge in [-0.15, -0.1) is 0 Å². The van der Waals surface area contributed by atoms with Gasteiger partial charge >= 0.3 is 5.97 Å². The van der Waals surface area contributed by atoms with Crippen molar-refractivity contribution in [1.29, 1.82) is 0 Å². The maximum absolute atomic E-state index is 11.4. The Labute approximate surface area is 89.9 Å². The summed E-state index contributed by atoms with van der Waals surface area (Å²) < 4.78 is 5.09. The Bertz CT molecular complexity index is 363. The van der Waals surface area contributed by atoms with Crippen molar-refractivity contribution in [3.8, 4) is 0 Å². The summed E-state index contributed by atoms with van der Waals surface area (Å²) in [5.41, 5.74) is 1.54. The highest BCUT2D eigenvalue weighted by Crippen LogP contribution is 2.03. The molecule has 15 heavy (non-hydrogen) atoms. The van der Waals surface area contributed by atoms with Crippen molar-refractivity contribution in [2.24, 2.45) is 0 Å². The fraction of sp³-hybridized carbons (Fsp3) is 0.154. The Morgan fingerprint density at radius 2 is 2.07 bits per heavy atom. The van der Waals surface area contributed by atoms with E-state index < -0.39 is 0 Å². The fourth-order valence-corrected chi connectivity index (χ4v) is 1.08. The van der Waals surface area contributed by atoms with Gasteiger partial charge in [0.1, 0.15) is 6.61 Å². The van der Waals surface area contributed by atoms with E-state index in [4.69, 9.17) is 4.74 Å². The molecule has 0 aromatic heterocycles. The maximum Gasteiger partial charge on any atom is 0.334 e. The number of rotatable bonds is 4. The van der Waals surface area contributed by atoms with Crippen LogP contribution in [-0.2, 0) is 16.1 Å². The van der Waals surface area contributed by atoms with Gasteiger partial charge in [0.25, 0.3) is 0 Å². The Hall–Kier alpha value is -1.83. The molecule has 0 saturated carbocycles. The molecule has 0 radical (unpaired) electrons. The SMILES string of the molecule is C=CC=C(C)C(=O)OCc1ccccc1. The molecule has 0 saturated heterocycles. The van der Waals surface area contributed by atoms with Gasteiger partial charge in [0.2, 0.25) is 0 Å². The van der Waals surface area contributed by atoms with E-state index in [0.717, 1.165) is 5.56 Å². The number of hydrogen-bond donors (Lipinski definition) is 0. The lowest BCUT2D eigenvalue weighted by Crippen LogP contribution is -2.05. The van der Waals surface area contributed by atoms with Crippen molar-refractivity contribution < 1.29 is 9.53 Å². The second kappa shape index (κ2) is 5.81. The maximum atomic E-state index is 11.4. The van der Waals surface area contributed by atoms with Gasteiger partial charge in [-0.05, 0) is 12.5 Å². The minimum atomic E-state index is -0.307. The van der Waals surface area contributed by atoms with Crippen molar-refractivity contribution in [3.63, 3.8) is 0 Å². The van der Waals surface area contributed by atoms with E-state index in [1.165, 1.54) is 0 Å². The van der Waals surface area contributed by atoms with Crippen LogP contribution in [0.3, 0.4) is 0 Å². The fourth-order valence-electron chi connectivity index (χ4n) is 1.08. The molecule has 0 atom stereocenters. The van der Waals surface area contributed by atoms with Gasteiger partial charge in [-0.1, -0.05) is 49.1 Å². The summed E-state index contributed by atoms with van der Waals surface area (Å²) in [6.45, 7) is 5.53. The van der Waals surface area contributed by atoms with Gasteiger partial charge in [-0.3, -0.25) is 0 Å². The molecular weight excluding hydrogens is 188 g/mol. The highest BCUT2D eigenvalue weighted by Gasteiger charge is 2.04. The summed E-state index contributed by atoms with van der Waals surface area (Å²) in [6.07, 6.45) is 3.20. The summed E-state index contributed by atoms with van der Waals surface area (Å²) in [5, 5.41) is 0. The molecule has 0 heterocycles. The summed E-state index contributed by atoms with van der Waals surface area (Å²) >= 11 is 0. The number of esters is 1. The molecule has 1 aromatic rings. The first-order valence-electron chi connectivity index (χ1n) is 4.74. The molecule has 78 valence electrons. The van der Waals surface area contributed by atoms with Crippen LogP contribution in [0.4, 0.5) is 0 Å². The van der Waals surface area contributed by atoms with Gasteiger partial charge in [-0.2, -0.15) is 0 Å².